The van der Waals surface area contributed by atoms with Crippen LogP contribution < -0.4 is 0 Å². The Bertz CT molecular complexity index is 8.00. The van der Waals surface area contributed by atoms with E-state index in [-0.39, 0.29) is 57.0 Å². The van der Waals surface area contributed by atoms with E-state index in [4.69, 9.17) is 3.83 Å². The predicted molar refractivity (Wildman–Crippen MR) is 0.686 cm³/mol. The molecule has 0 aliphatic rings. The van der Waals surface area contributed by atoms with Gasteiger partial charge in [-0.15, -0.1) is 0 Å². The molecular formula is CuFeGdO. The third kappa shape index (κ3) is 8.90. The molecule has 0 spiro atoms. The molecule has 0 atom stereocenters. The summed E-state index contributed by atoms with van der Waals surface area (Å²) in [6.45, 7) is 0. The topological polar surface area (TPSA) is 17.1 Å². The van der Waals surface area contributed by atoms with E-state index in [2.05, 4.69) is 0 Å². The molecule has 0 amide bonds. The molecule has 0 heterocycles. The van der Waals surface area contributed by atoms with Crippen molar-refractivity contribution in [3.8, 4) is 0 Å². The average molecular weight is 293 g/mol. The van der Waals surface area contributed by atoms with Crippen molar-refractivity contribution in [2.24, 2.45) is 0 Å². The predicted octanol–water partition coefficient (Wildman–Crippen LogP) is -0.124. The van der Waals surface area contributed by atoms with Crippen molar-refractivity contribution in [2.45, 2.75) is 0 Å². The quantitative estimate of drug-likeness (QED) is 0.569. The van der Waals surface area contributed by atoms with E-state index in [0.29, 0.717) is 0 Å². The molecule has 0 bridgehead atoms. The molecule has 0 rings (SSSR count). The second kappa shape index (κ2) is 19.1. The summed E-state index contributed by atoms with van der Waals surface area (Å²) in [6, 6.07) is 0. The van der Waals surface area contributed by atoms with Crippen molar-refractivity contribution in [3.63, 3.8) is 0 Å². The Morgan fingerprint density at radius 2 is 1.25 bits per heavy atom. The van der Waals surface area contributed by atoms with Gasteiger partial charge in [0.25, 0.3) is 0 Å². The normalized spacial score (nSPS) is 1.25. The van der Waals surface area contributed by atoms with Gasteiger partial charge in [0.05, 0.1) is 0 Å². The fraction of sp³-hybridized carbons (Fsp3) is 0. The van der Waals surface area contributed by atoms with Gasteiger partial charge in [0, 0.05) is 57.0 Å². The molecule has 0 N–H and O–H groups in total. The van der Waals surface area contributed by atoms with E-state index in [1.54, 1.807) is 0 Å². The Labute approximate surface area is 75.5 Å². The number of rotatable bonds is 0. The summed E-state index contributed by atoms with van der Waals surface area (Å²) in [7, 11) is 0. The van der Waals surface area contributed by atoms with Crippen LogP contribution in [0.2, 0.25) is 0 Å². The first-order chi connectivity index (χ1) is 1.00. The van der Waals surface area contributed by atoms with Crippen LogP contribution in [0.5, 0.6) is 0 Å². The van der Waals surface area contributed by atoms with Crippen LogP contribution in [-0.2, 0) is 36.8 Å². The Morgan fingerprint density at radius 3 is 1.25 bits per heavy atom. The second-order valence-corrected chi connectivity index (χ2v) is 0. The summed E-state index contributed by atoms with van der Waals surface area (Å²) in [5.41, 5.74) is 0. The van der Waals surface area contributed by atoms with Crippen molar-refractivity contribution in [3.05, 3.63) is 0 Å². The fourth-order valence-corrected chi connectivity index (χ4v) is 0. The maximum absolute atomic E-state index is 8.00. The van der Waals surface area contributed by atoms with Gasteiger partial charge in [0.2, 0.25) is 0 Å². The summed E-state index contributed by atoms with van der Waals surface area (Å²) in [5.74, 6) is 0. The van der Waals surface area contributed by atoms with Crippen LogP contribution in [0.25, 0.3) is 0 Å². The Balaban J connectivity index is -0.00000000500. The molecule has 0 unspecified atom stereocenters. The molecule has 0 saturated carbocycles. The van der Waals surface area contributed by atoms with E-state index >= 15 is 0 Å². The van der Waals surface area contributed by atoms with Crippen LogP contribution in [-0.4, -0.2) is 0 Å². The average Bonchev–Trinajstić information content (AvgIpc) is 1.00. The summed E-state index contributed by atoms with van der Waals surface area (Å²) in [6.07, 6.45) is 0. The number of hydrogen-bond acceptors (Lipinski definition) is 1. The van der Waals surface area contributed by atoms with Crippen LogP contribution in [0.1, 0.15) is 0 Å². The zero-order chi connectivity index (χ0) is 2.00. The van der Waals surface area contributed by atoms with Gasteiger partial charge in [0.1, 0.15) is 0 Å². The molecule has 0 fully saturated rings. The van der Waals surface area contributed by atoms with Crippen LogP contribution in [0.4, 0.5) is 0 Å². The van der Waals surface area contributed by atoms with E-state index in [0.717, 1.165) is 0 Å². The van der Waals surface area contributed by atoms with Gasteiger partial charge in [-0.25, -0.2) is 0 Å². The maximum atomic E-state index is 8.00. The standard InChI is InChI=1S/Cu.Fe.Gd.O. The van der Waals surface area contributed by atoms with Gasteiger partial charge in [-0.2, -0.15) is 0 Å². The third-order valence-electron chi connectivity index (χ3n) is 0. The summed E-state index contributed by atoms with van der Waals surface area (Å²) >= 11 is 2.00. The zero-order valence-corrected chi connectivity index (χ0v) is 5.73. The van der Waals surface area contributed by atoms with Crippen LogP contribution in [0, 0.1) is 39.9 Å². The first-order valence-electron chi connectivity index (χ1n) is 0.144. The van der Waals surface area contributed by atoms with E-state index in [1.165, 1.54) is 0 Å². The first kappa shape index (κ1) is 16.4. The molecule has 0 aromatic heterocycles. The molecule has 0 aliphatic heterocycles. The Hall–Kier alpha value is 2.16. The fourth-order valence-electron chi connectivity index (χ4n) is 0. The van der Waals surface area contributed by atoms with Crippen LogP contribution in [0.15, 0.2) is 0 Å². The van der Waals surface area contributed by atoms with Gasteiger partial charge in [-0.1, -0.05) is 0 Å². The molecule has 0 aromatic carbocycles. The third-order valence-corrected chi connectivity index (χ3v) is 0. The van der Waals surface area contributed by atoms with Gasteiger partial charge >= 0.3 is 19.8 Å². The molecule has 0 saturated heterocycles. The molecular weight excluding hydrogens is 293 g/mol. The van der Waals surface area contributed by atoms with Gasteiger partial charge in [-0.3, -0.25) is 0 Å². The SMILES string of the molecule is [Cu].[Gd].[O]=[Fe]. The minimum atomic E-state index is 0. The molecule has 1 nitrogen and oxygen atoms in total. The van der Waals surface area contributed by atoms with Gasteiger partial charge < -0.3 is 0 Å². The molecule has 1 radical (unpaired) electrons. The van der Waals surface area contributed by atoms with E-state index in [9.17, 15) is 0 Å². The van der Waals surface area contributed by atoms with Gasteiger partial charge in [0.15, 0.2) is 0 Å². The van der Waals surface area contributed by atoms with Crippen molar-refractivity contribution in [1.29, 1.82) is 0 Å². The molecule has 4 heavy (non-hydrogen) atoms. The second-order valence-electron chi connectivity index (χ2n) is 0. The first-order valence-corrected chi connectivity index (χ1v) is 0.595. The number of hydrogen-bond donors (Lipinski definition) is 0. The van der Waals surface area contributed by atoms with Crippen molar-refractivity contribution < 1.29 is 76.8 Å². The minimum absolute atomic E-state index is 0. The van der Waals surface area contributed by atoms with E-state index in [1.807, 2.05) is 15.9 Å². The zero-order valence-electron chi connectivity index (χ0n) is 1.42. The van der Waals surface area contributed by atoms with Crippen molar-refractivity contribution in [1.82, 2.24) is 0 Å². The molecule has 4 heteroatoms. The molecule has 0 aliphatic carbocycles. The molecule has 33 valence electrons. The van der Waals surface area contributed by atoms with Crippen molar-refractivity contribution in [2.75, 3.05) is 0 Å². The van der Waals surface area contributed by atoms with Crippen LogP contribution >= 0.6 is 0 Å². The summed E-state index contributed by atoms with van der Waals surface area (Å²) in [5, 5.41) is 0. The van der Waals surface area contributed by atoms with E-state index < -0.39 is 0 Å². The van der Waals surface area contributed by atoms with Crippen molar-refractivity contribution >= 4 is 0 Å². The van der Waals surface area contributed by atoms with Crippen LogP contribution in [0.3, 0.4) is 0 Å². The monoisotopic (exact) mass is 293 g/mol. The Morgan fingerprint density at radius 1 is 1.25 bits per heavy atom. The summed E-state index contributed by atoms with van der Waals surface area (Å²) in [4.78, 5) is 0. The molecule has 0 aromatic rings. The van der Waals surface area contributed by atoms with Gasteiger partial charge in [-0.05, 0) is 0 Å². The Kier molecular flexibility index (Phi) is 78.5. The summed E-state index contributed by atoms with van der Waals surface area (Å²) < 4.78 is 8.00.